The van der Waals surface area contributed by atoms with Gasteiger partial charge in [-0.3, -0.25) is 24.0 Å². The zero-order valence-electron chi connectivity index (χ0n) is 37.2. The van der Waals surface area contributed by atoms with Crippen LogP contribution in [-0.4, -0.2) is 73.9 Å². The molecule has 5 aromatic rings. The average molecular weight is 1050 g/mol. The number of aliphatic imine (C=N–C) groups is 1. The van der Waals surface area contributed by atoms with Crippen LogP contribution >= 0.6 is 0 Å². The van der Waals surface area contributed by atoms with Crippen molar-refractivity contribution in [2.75, 3.05) is 23.3 Å². The zero-order valence-corrected chi connectivity index (χ0v) is 45.6. The first-order valence-electron chi connectivity index (χ1n) is 18.8. The average Bonchev–Trinajstić information content (AvgIpc) is 3.27. The molecule has 0 aromatic heterocycles. The number of ketones is 1. The molecule has 30 heteroatoms. The number of hydrogen-bond donors (Lipinski definition) is 5. The molecule has 5 N–H and O–H groups in total. The number of non-ortho nitro benzene ring substituents is 1. The number of rotatable bonds is 14. The van der Waals surface area contributed by atoms with Crippen molar-refractivity contribution in [3.63, 3.8) is 0 Å². The van der Waals surface area contributed by atoms with E-state index in [-0.39, 0.29) is 129 Å². The van der Waals surface area contributed by atoms with Crippen LogP contribution in [-0.2, 0) is 35.1 Å². The molecular formula is C41H28N9Na3O15S3. The Kier molecular flexibility index (Phi) is 19.5. The number of methoxy groups -OCH3 is 1. The first-order valence-corrected chi connectivity index (χ1v) is 23.1. The molecule has 0 aliphatic heterocycles. The maximum absolute atomic E-state index is 13.9. The number of carbonyl (C=O) groups excluding carboxylic acids is 1. The number of azo groups is 1. The van der Waals surface area contributed by atoms with E-state index in [9.17, 15) is 64.0 Å². The largest absolute Gasteiger partial charge is 1.00 e. The number of nitrogens with zero attached hydrogens (tertiary/aromatic N) is 6. The van der Waals surface area contributed by atoms with Gasteiger partial charge in [0, 0.05) is 35.0 Å². The molecule has 348 valence electrons. The summed E-state index contributed by atoms with van der Waals surface area (Å²) in [5, 5.41) is 55.9. The molecule has 5 aromatic carbocycles. The fourth-order valence-electron chi connectivity index (χ4n) is 6.17. The summed E-state index contributed by atoms with van der Waals surface area (Å²) in [6.07, 6.45) is 9.66. The Bertz CT molecular complexity index is 3570. The van der Waals surface area contributed by atoms with Crippen LogP contribution in [0.25, 0.3) is 10.8 Å². The molecule has 0 unspecified atom stereocenters. The molecule has 7 rings (SSSR count). The number of hydrogen-bond acceptors (Lipinski definition) is 21. The van der Waals surface area contributed by atoms with Crippen LogP contribution in [0, 0.1) is 10.1 Å². The first-order chi connectivity index (χ1) is 32.1. The van der Waals surface area contributed by atoms with Crippen molar-refractivity contribution in [1.82, 2.24) is 0 Å². The molecule has 0 fully saturated rings. The first kappa shape index (κ1) is 58.1. The van der Waals surface area contributed by atoms with Crippen molar-refractivity contribution in [3.8, 4) is 17.2 Å². The number of anilines is 3. The standard InChI is InChI=1S/C41H31N9O15S3.3Na/c1-65-29-11-6-25(7-12-29)45-49-40-38(68(62,63)64)17-22-16-30(66(56,57)58)21-34(39(22)41(40)53)48-47-32-14-9-27(19-36(32)52)42-26-8-13-31(35(51)18-26)46-44-24-4-2-23(3-5-24)43-33-15-10-28(50(54)55)20-37(33)67(59,60)61;;;/h2-21,42,45,49,52-53H,1H3,(H,56,57,58)(H,59,60,61)(H,62,63,64);;;/q;3*+1/p-3. The molecule has 0 radical (unpaired) electrons. The van der Waals surface area contributed by atoms with Crippen molar-refractivity contribution in [2.45, 2.75) is 14.7 Å². The number of nitrogens with one attached hydrogen (secondary N) is 3. The van der Waals surface area contributed by atoms with E-state index in [4.69, 9.17) is 4.74 Å². The minimum absolute atomic E-state index is 0. The molecule has 2 aliphatic rings. The van der Waals surface area contributed by atoms with Crippen LogP contribution in [0.2, 0.25) is 0 Å². The Hall–Kier alpha value is -5.47. The molecule has 0 bridgehead atoms. The molecular weight excluding hydrogens is 1020 g/mol. The van der Waals surface area contributed by atoms with Crippen LogP contribution < -0.4 is 120 Å². The summed E-state index contributed by atoms with van der Waals surface area (Å²) < 4.78 is 109. The number of benzene rings is 5. The smallest absolute Gasteiger partial charge is 0.871 e. The van der Waals surface area contributed by atoms with Gasteiger partial charge in [0.15, 0.2) is 0 Å². The van der Waals surface area contributed by atoms with E-state index in [1.54, 1.807) is 12.1 Å². The molecule has 0 spiro atoms. The summed E-state index contributed by atoms with van der Waals surface area (Å²) in [5.41, 5.74) is 3.62. The van der Waals surface area contributed by atoms with Crippen LogP contribution in [0.1, 0.15) is 0 Å². The Labute approximate surface area is 469 Å². The number of allylic oxidation sites excluding steroid dienone is 7. The summed E-state index contributed by atoms with van der Waals surface area (Å²) in [6, 6.07) is 14.7. The second-order valence-corrected chi connectivity index (χ2v) is 18.1. The fraction of sp³-hybridized carbons (Fsp3) is 0.0244. The van der Waals surface area contributed by atoms with E-state index in [1.165, 1.54) is 73.9 Å². The topological polar surface area (TPSA) is 379 Å². The Morgan fingerprint density at radius 3 is 1.90 bits per heavy atom. The van der Waals surface area contributed by atoms with Gasteiger partial charge in [0.1, 0.15) is 26.5 Å². The third-order valence-electron chi connectivity index (χ3n) is 9.38. The number of carbonyl (C=O) groups is 1. The van der Waals surface area contributed by atoms with Gasteiger partial charge < -0.3 is 35.7 Å². The molecule has 2 aliphatic carbocycles. The molecule has 0 heterocycles. The number of fused-ring (bicyclic) bond motifs is 1. The summed E-state index contributed by atoms with van der Waals surface area (Å²) >= 11 is 0. The molecule has 0 saturated heterocycles. The van der Waals surface area contributed by atoms with Gasteiger partial charge in [0.2, 0.25) is 5.78 Å². The molecule has 0 amide bonds. The van der Waals surface area contributed by atoms with Crippen molar-refractivity contribution in [1.29, 1.82) is 0 Å². The Morgan fingerprint density at radius 2 is 1.31 bits per heavy atom. The van der Waals surface area contributed by atoms with Crippen LogP contribution in [0.15, 0.2) is 167 Å². The minimum atomic E-state index is -5.39. The van der Waals surface area contributed by atoms with Gasteiger partial charge >= 0.3 is 88.7 Å². The van der Waals surface area contributed by atoms with Gasteiger partial charge in [-0.2, -0.15) is 27.1 Å². The third-order valence-corrected chi connectivity index (χ3v) is 12.0. The van der Waals surface area contributed by atoms with Gasteiger partial charge in [-0.15, -0.1) is 10.2 Å². The van der Waals surface area contributed by atoms with Gasteiger partial charge in [-0.1, -0.05) is 11.5 Å². The minimum Gasteiger partial charge on any atom is -0.871 e. The van der Waals surface area contributed by atoms with Crippen molar-refractivity contribution in [3.05, 3.63) is 137 Å². The fourth-order valence-corrected chi connectivity index (χ4v) is 8.02. The van der Waals surface area contributed by atoms with Gasteiger partial charge in [0.05, 0.1) is 61.7 Å². The zero-order chi connectivity index (χ0) is 49.1. The van der Waals surface area contributed by atoms with E-state index in [2.05, 4.69) is 41.6 Å². The SMILES string of the molecule is COc1ccc(NNc2c(S(=O)(=O)[O-])cc3cc(S(=O)(=O)O)cc(N=Nc4ccc(NC5=CC(=O)C(=NN=C6C=CC(=Nc7ccc([N+](=O)[O-])cc7S(=O)(=O)O)C=C6)C=C5)cc4[O-])c3c2[O-])cc1.[Na+].[Na+].[Na+]. The summed E-state index contributed by atoms with van der Waals surface area (Å²) in [7, 11) is -13.8. The molecule has 24 nitrogen and oxygen atoms in total. The second-order valence-electron chi connectivity index (χ2n) is 13.9. The molecule has 0 saturated carbocycles. The second kappa shape index (κ2) is 23.8. The monoisotopic (exact) mass is 1050 g/mol. The van der Waals surface area contributed by atoms with E-state index in [0.717, 1.165) is 30.3 Å². The number of hydrazine groups is 1. The van der Waals surface area contributed by atoms with Crippen LogP contribution in [0.4, 0.5) is 39.8 Å². The van der Waals surface area contributed by atoms with Crippen molar-refractivity contribution >= 4 is 104 Å². The van der Waals surface area contributed by atoms with Crippen molar-refractivity contribution < 1.29 is 152 Å². The number of nitro groups is 1. The predicted octanol–water partition coefficient (Wildman–Crippen LogP) is -3.70. The Morgan fingerprint density at radius 1 is 0.676 bits per heavy atom. The maximum atomic E-state index is 13.9. The van der Waals surface area contributed by atoms with Crippen LogP contribution in [0.3, 0.4) is 0 Å². The summed E-state index contributed by atoms with van der Waals surface area (Å²) in [5.74, 6) is -2.00. The van der Waals surface area contributed by atoms with E-state index in [1.807, 2.05) is 0 Å². The van der Waals surface area contributed by atoms with Gasteiger partial charge in [-0.05, 0) is 109 Å². The summed E-state index contributed by atoms with van der Waals surface area (Å²) in [6.45, 7) is 0. The van der Waals surface area contributed by atoms with E-state index >= 15 is 0 Å². The van der Waals surface area contributed by atoms with E-state index in [0.29, 0.717) is 23.6 Å². The van der Waals surface area contributed by atoms with E-state index < -0.39 is 95.1 Å². The van der Waals surface area contributed by atoms with Gasteiger partial charge in [-0.25, -0.2) is 13.4 Å². The molecule has 0 atom stereocenters. The maximum Gasteiger partial charge on any atom is 1.00 e. The van der Waals surface area contributed by atoms with Crippen molar-refractivity contribution in [2.24, 2.45) is 25.4 Å². The number of nitro benzene ring substituents is 1. The number of ether oxygens (including phenoxy) is 1. The quantitative estimate of drug-likeness (QED) is 0.0136. The predicted molar refractivity (Wildman–Crippen MR) is 240 cm³/mol. The van der Waals surface area contributed by atoms with Crippen LogP contribution in [0.5, 0.6) is 17.2 Å². The summed E-state index contributed by atoms with van der Waals surface area (Å²) in [4.78, 5) is 24.6. The molecule has 71 heavy (non-hydrogen) atoms. The van der Waals surface area contributed by atoms with Gasteiger partial charge in [0.25, 0.3) is 25.9 Å². The Balaban J connectivity index is 0.00000365. The normalized spacial score (nSPS) is 14.0. The third kappa shape index (κ3) is 14.4.